The molecule has 4 heteroatoms. The molecule has 0 saturated carbocycles. The number of rotatable bonds is 7. The van der Waals surface area contributed by atoms with Gasteiger partial charge in [0, 0.05) is 45.7 Å². The van der Waals surface area contributed by atoms with Crippen molar-refractivity contribution in [3.8, 4) is 0 Å². The van der Waals surface area contributed by atoms with Crippen LogP contribution in [0, 0.1) is 0 Å². The Morgan fingerprint density at radius 1 is 1.27 bits per heavy atom. The zero-order valence-corrected chi connectivity index (χ0v) is 13.9. The van der Waals surface area contributed by atoms with Gasteiger partial charge in [0.05, 0.1) is 0 Å². The number of carbonyl (C=O) groups excluding carboxylic acids is 1. The molecular formula is C18H29N3O. The second-order valence-electron chi connectivity index (χ2n) is 6.14. The summed E-state index contributed by atoms with van der Waals surface area (Å²) in [4.78, 5) is 14.4. The van der Waals surface area contributed by atoms with E-state index in [1.54, 1.807) is 0 Å². The fourth-order valence-corrected chi connectivity index (χ4v) is 2.84. The van der Waals surface area contributed by atoms with Crippen molar-refractivity contribution in [2.24, 2.45) is 0 Å². The Morgan fingerprint density at radius 2 is 1.95 bits per heavy atom. The van der Waals surface area contributed by atoms with Crippen molar-refractivity contribution in [1.82, 2.24) is 15.5 Å². The summed E-state index contributed by atoms with van der Waals surface area (Å²) in [6.45, 7) is 10.2. The first kappa shape index (κ1) is 17.0. The monoisotopic (exact) mass is 303 g/mol. The lowest BCUT2D eigenvalue weighted by atomic mass is 9.96. The highest BCUT2D eigenvalue weighted by Crippen LogP contribution is 2.19. The molecule has 1 unspecified atom stereocenters. The number of amides is 1. The first-order valence-electron chi connectivity index (χ1n) is 8.47. The minimum Gasteiger partial charge on any atom is -0.355 e. The predicted molar refractivity (Wildman–Crippen MR) is 91.2 cm³/mol. The van der Waals surface area contributed by atoms with Crippen LogP contribution in [-0.4, -0.2) is 50.1 Å². The third-order valence-corrected chi connectivity index (χ3v) is 4.41. The largest absolute Gasteiger partial charge is 0.355 e. The molecule has 1 aliphatic rings. The number of nitrogens with one attached hydrogen (secondary N) is 2. The SMILES string of the molecule is CCc1ccc(C(C)CC(=O)NCCN2CCNCC2)cc1. The van der Waals surface area contributed by atoms with E-state index in [-0.39, 0.29) is 11.8 Å². The molecule has 1 atom stereocenters. The third-order valence-electron chi connectivity index (χ3n) is 4.41. The van der Waals surface area contributed by atoms with E-state index in [9.17, 15) is 4.79 Å². The molecule has 2 N–H and O–H groups in total. The Morgan fingerprint density at radius 3 is 2.59 bits per heavy atom. The number of carbonyl (C=O) groups is 1. The molecule has 1 fully saturated rings. The molecule has 22 heavy (non-hydrogen) atoms. The Labute approximate surface area is 134 Å². The van der Waals surface area contributed by atoms with E-state index in [0.717, 1.165) is 45.7 Å². The smallest absolute Gasteiger partial charge is 0.220 e. The van der Waals surface area contributed by atoms with Crippen LogP contribution >= 0.6 is 0 Å². The van der Waals surface area contributed by atoms with Crippen molar-refractivity contribution >= 4 is 5.91 Å². The van der Waals surface area contributed by atoms with Gasteiger partial charge in [-0.15, -0.1) is 0 Å². The molecular weight excluding hydrogens is 274 g/mol. The predicted octanol–water partition coefficient (Wildman–Crippen LogP) is 1.76. The first-order valence-corrected chi connectivity index (χ1v) is 8.47. The zero-order chi connectivity index (χ0) is 15.8. The van der Waals surface area contributed by atoms with Crippen molar-refractivity contribution in [1.29, 1.82) is 0 Å². The van der Waals surface area contributed by atoms with Gasteiger partial charge >= 0.3 is 0 Å². The quantitative estimate of drug-likeness (QED) is 0.807. The van der Waals surface area contributed by atoms with Crippen LogP contribution in [0.15, 0.2) is 24.3 Å². The maximum Gasteiger partial charge on any atom is 0.220 e. The average Bonchev–Trinajstić information content (AvgIpc) is 2.56. The van der Waals surface area contributed by atoms with Crippen LogP contribution < -0.4 is 10.6 Å². The number of hydrogen-bond acceptors (Lipinski definition) is 3. The van der Waals surface area contributed by atoms with Gasteiger partial charge in [0.25, 0.3) is 0 Å². The molecule has 0 aliphatic carbocycles. The number of hydrogen-bond donors (Lipinski definition) is 2. The van der Waals surface area contributed by atoms with Crippen LogP contribution in [0.2, 0.25) is 0 Å². The summed E-state index contributed by atoms with van der Waals surface area (Å²) in [5, 5.41) is 6.39. The molecule has 0 radical (unpaired) electrons. The van der Waals surface area contributed by atoms with Crippen molar-refractivity contribution in [3.63, 3.8) is 0 Å². The van der Waals surface area contributed by atoms with Crippen LogP contribution in [0.25, 0.3) is 0 Å². The normalized spacial score (nSPS) is 17.2. The van der Waals surface area contributed by atoms with Crippen LogP contribution in [0.4, 0.5) is 0 Å². The summed E-state index contributed by atoms with van der Waals surface area (Å²) in [7, 11) is 0. The summed E-state index contributed by atoms with van der Waals surface area (Å²) in [5.41, 5.74) is 2.59. The van der Waals surface area contributed by atoms with E-state index in [0.29, 0.717) is 6.42 Å². The molecule has 0 aromatic heterocycles. The van der Waals surface area contributed by atoms with E-state index in [2.05, 4.69) is 53.6 Å². The Balaban J connectivity index is 1.68. The molecule has 1 aromatic carbocycles. The van der Waals surface area contributed by atoms with E-state index in [1.165, 1.54) is 11.1 Å². The highest BCUT2D eigenvalue weighted by molar-refractivity contribution is 5.76. The van der Waals surface area contributed by atoms with Gasteiger partial charge in [-0.2, -0.15) is 0 Å². The van der Waals surface area contributed by atoms with Crippen molar-refractivity contribution < 1.29 is 4.79 Å². The zero-order valence-electron chi connectivity index (χ0n) is 13.9. The topological polar surface area (TPSA) is 44.4 Å². The summed E-state index contributed by atoms with van der Waals surface area (Å²) in [6, 6.07) is 8.62. The molecule has 122 valence electrons. The van der Waals surface area contributed by atoms with Gasteiger partial charge in [-0.1, -0.05) is 38.1 Å². The second kappa shape index (κ2) is 8.91. The van der Waals surface area contributed by atoms with E-state index in [1.807, 2.05) is 0 Å². The number of nitrogens with zero attached hydrogens (tertiary/aromatic N) is 1. The summed E-state index contributed by atoms with van der Waals surface area (Å²) in [6.07, 6.45) is 1.62. The van der Waals surface area contributed by atoms with Gasteiger partial charge in [0.15, 0.2) is 0 Å². The number of aryl methyl sites for hydroxylation is 1. The lowest BCUT2D eigenvalue weighted by Crippen LogP contribution is -2.46. The minimum atomic E-state index is 0.155. The van der Waals surface area contributed by atoms with Crippen LogP contribution in [0.1, 0.15) is 37.3 Å². The summed E-state index contributed by atoms with van der Waals surface area (Å²) >= 11 is 0. The molecule has 2 rings (SSSR count). The van der Waals surface area contributed by atoms with Gasteiger partial charge < -0.3 is 10.6 Å². The second-order valence-corrected chi connectivity index (χ2v) is 6.14. The van der Waals surface area contributed by atoms with Crippen molar-refractivity contribution in [2.45, 2.75) is 32.6 Å². The molecule has 1 amide bonds. The molecule has 1 heterocycles. The summed E-state index contributed by atoms with van der Waals surface area (Å²) < 4.78 is 0. The third kappa shape index (κ3) is 5.43. The van der Waals surface area contributed by atoms with E-state index >= 15 is 0 Å². The maximum atomic E-state index is 12.0. The van der Waals surface area contributed by atoms with E-state index < -0.39 is 0 Å². The molecule has 1 aliphatic heterocycles. The lowest BCUT2D eigenvalue weighted by molar-refractivity contribution is -0.121. The van der Waals surface area contributed by atoms with Crippen LogP contribution in [0.5, 0.6) is 0 Å². The average molecular weight is 303 g/mol. The lowest BCUT2D eigenvalue weighted by Gasteiger charge is -2.27. The summed E-state index contributed by atoms with van der Waals surface area (Å²) in [5.74, 6) is 0.423. The van der Waals surface area contributed by atoms with Gasteiger partial charge in [-0.05, 0) is 23.5 Å². The maximum absolute atomic E-state index is 12.0. The standard InChI is InChI=1S/C18H29N3O/c1-3-16-4-6-17(7-5-16)15(2)14-18(22)20-10-13-21-11-8-19-9-12-21/h4-7,15,19H,3,8-14H2,1-2H3,(H,20,22). The van der Waals surface area contributed by atoms with Crippen LogP contribution in [0.3, 0.4) is 0 Å². The fourth-order valence-electron chi connectivity index (χ4n) is 2.84. The van der Waals surface area contributed by atoms with Gasteiger partial charge in [-0.25, -0.2) is 0 Å². The highest BCUT2D eigenvalue weighted by atomic mass is 16.1. The van der Waals surface area contributed by atoms with Crippen LogP contribution in [-0.2, 0) is 11.2 Å². The molecule has 1 saturated heterocycles. The first-order chi connectivity index (χ1) is 10.7. The molecule has 0 bridgehead atoms. The number of benzene rings is 1. The Kier molecular flexibility index (Phi) is 6.87. The fraction of sp³-hybridized carbons (Fsp3) is 0.611. The van der Waals surface area contributed by atoms with Gasteiger partial charge in [-0.3, -0.25) is 9.69 Å². The molecule has 1 aromatic rings. The highest BCUT2D eigenvalue weighted by Gasteiger charge is 2.12. The van der Waals surface area contributed by atoms with Gasteiger partial charge in [0.2, 0.25) is 5.91 Å². The minimum absolute atomic E-state index is 0.155. The van der Waals surface area contributed by atoms with Gasteiger partial charge in [0.1, 0.15) is 0 Å². The Bertz CT molecular complexity index is 452. The van der Waals surface area contributed by atoms with Crippen molar-refractivity contribution in [2.75, 3.05) is 39.3 Å². The van der Waals surface area contributed by atoms with Crippen molar-refractivity contribution in [3.05, 3.63) is 35.4 Å². The molecule has 4 nitrogen and oxygen atoms in total. The van der Waals surface area contributed by atoms with E-state index in [4.69, 9.17) is 0 Å². The molecule has 0 spiro atoms. The Hall–Kier alpha value is -1.39. The number of piperazine rings is 1.